The van der Waals surface area contributed by atoms with Crippen molar-refractivity contribution in [1.82, 2.24) is 9.97 Å². The van der Waals surface area contributed by atoms with Gasteiger partial charge in [-0.3, -0.25) is 4.79 Å². The SMILES string of the molecule is CCc1c(O)nc(-c2ccc(O)c(Cl)c2)[nH]c1=O. The van der Waals surface area contributed by atoms with Crippen molar-refractivity contribution in [1.29, 1.82) is 0 Å². The van der Waals surface area contributed by atoms with Crippen molar-refractivity contribution < 1.29 is 10.2 Å². The second kappa shape index (κ2) is 4.70. The number of hydrogen-bond acceptors (Lipinski definition) is 4. The van der Waals surface area contributed by atoms with Crippen LogP contribution in [0.5, 0.6) is 11.6 Å². The number of halogens is 1. The Hall–Kier alpha value is -2.01. The van der Waals surface area contributed by atoms with E-state index in [9.17, 15) is 15.0 Å². The van der Waals surface area contributed by atoms with E-state index in [-0.39, 0.29) is 33.6 Å². The molecular formula is C12H11ClN2O3. The second-order valence-corrected chi connectivity index (χ2v) is 4.14. The fourth-order valence-corrected chi connectivity index (χ4v) is 1.78. The average molecular weight is 267 g/mol. The molecule has 0 bridgehead atoms. The van der Waals surface area contributed by atoms with Gasteiger partial charge in [-0.25, -0.2) is 0 Å². The van der Waals surface area contributed by atoms with Gasteiger partial charge in [0.15, 0.2) is 0 Å². The van der Waals surface area contributed by atoms with Gasteiger partial charge in [-0.1, -0.05) is 18.5 Å². The summed E-state index contributed by atoms with van der Waals surface area (Å²) in [5.41, 5.74) is 0.362. The summed E-state index contributed by atoms with van der Waals surface area (Å²) in [6.07, 6.45) is 0.394. The predicted octanol–water partition coefficient (Wildman–Crippen LogP) is 2.06. The van der Waals surface area contributed by atoms with Crippen molar-refractivity contribution in [2.75, 3.05) is 0 Å². The van der Waals surface area contributed by atoms with Gasteiger partial charge >= 0.3 is 0 Å². The Morgan fingerprint density at radius 1 is 1.39 bits per heavy atom. The molecule has 0 aliphatic heterocycles. The lowest BCUT2D eigenvalue weighted by molar-refractivity contribution is 0.444. The van der Waals surface area contributed by atoms with Gasteiger partial charge in [0, 0.05) is 5.56 Å². The van der Waals surface area contributed by atoms with E-state index >= 15 is 0 Å². The first-order valence-corrected chi connectivity index (χ1v) is 5.71. The number of H-pyrrole nitrogens is 1. The van der Waals surface area contributed by atoms with Crippen LogP contribution in [0.25, 0.3) is 11.4 Å². The zero-order valence-electron chi connectivity index (χ0n) is 9.57. The van der Waals surface area contributed by atoms with Gasteiger partial charge < -0.3 is 15.2 Å². The molecule has 6 heteroatoms. The smallest absolute Gasteiger partial charge is 0.258 e. The second-order valence-electron chi connectivity index (χ2n) is 3.74. The van der Waals surface area contributed by atoms with Crippen LogP contribution in [0.15, 0.2) is 23.0 Å². The lowest BCUT2D eigenvalue weighted by Gasteiger charge is -2.05. The third-order valence-electron chi connectivity index (χ3n) is 2.57. The fourth-order valence-electron chi connectivity index (χ4n) is 1.60. The van der Waals surface area contributed by atoms with E-state index in [1.54, 1.807) is 13.0 Å². The fraction of sp³-hybridized carbons (Fsp3) is 0.167. The Bertz CT molecular complexity index is 652. The molecule has 1 heterocycles. The highest BCUT2D eigenvalue weighted by Gasteiger charge is 2.11. The van der Waals surface area contributed by atoms with Gasteiger partial charge in [-0.05, 0) is 24.6 Å². The van der Waals surface area contributed by atoms with Crippen LogP contribution in [0.3, 0.4) is 0 Å². The van der Waals surface area contributed by atoms with Gasteiger partial charge in [0.25, 0.3) is 5.56 Å². The molecule has 0 atom stereocenters. The molecule has 18 heavy (non-hydrogen) atoms. The highest BCUT2D eigenvalue weighted by atomic mass is 35.5. The first kappa shape index (κ1) is 12.4. The minimum Gasteiger partial charge on any atom is -0.506 e. The van der Waals surface area contributed by atoms with E-state index in [1.807, 2.05) is 0 Å². The minimum absolute atomic E-state index is 0.0582. The molecular weight excluding hydrogens is 256 g/mol. The summed E-state index contributed by atoms with van der Waals surface area (Å²) in [6.45, 7) is 1.75. The maximum atomic E-state index is 11.7. The number of aromatic amines is 1. The first-order chi connectivity index (χ1) is 8.52. The molecule has 0 saturated heterocycles. The van der Waals surface area contributed by atoms with E-state index in [2.05, 4.69) is 9.97 Å². The zero-order chi connectivity index (χ0) is 13.3. The number of hydrogen-bond donors (Lipinski definition) is 3. The van der Waals surface area contributed by atoms with Crippen molar-refractivity contribution in [3.63, 3.8) is 0 Å². The van der Waals surface area contributed by atoms with Crippen molar-refractivity contribution in [2.45, 2.75) is 13.3 Å². The van der Waals surface area contributed by atoms with Gasteiger partial charge in [-0.2, -0.15) is 4.98 Å². The van der Waals surface area contributed by atoms with Crippen molar-refractivity contribution in [3.05, 3.63) is 39.1 Å². The molecule has 94 valence electrons. The molecule has 2 aromatic rings. The maximum absolute atomic E-state index is 11.7. The molecule has 5 nitrogen and oxygen atoms in total. The molecule has 3 N–H and O–H groups in total. The monoisotopic (exact) mass is 266 g/mol. The number of phenols is 1. The summed E-state index contributed by atoms with van der Waals surface area (Å²) in [4.78, 5) is 18.1. The van der Waals surface area contributed by atoms with Crippen molar-refractivity contribution in [3.8, 4) is 23.0 Å². The van der Waals surface area contributed by atoms with E-state index in [0.29, 0.717) is 12.0 Å². The number of aromatic hydroxyl groups is 2. The number of aromatic nitrogens is 2. The Balaban J connectivity index is 2.58. The summed E-state index contributed by atoms with van der Waals surface area (Å²) >= 11 is 5.77. The van der Waals surface area contributed by atoms with E-state index < -0.39 is 0 Å². The Kier molecular flexibility index (Phi) is 3.25. The summed E-state index contributed by atoms with van der Waals surface area (Å²) in [5, 5.41) is 19.1. The Labute approximate surface area is 108 Å². The molecule has 0 fully saturated rings. The van der Waals surface area contributed by atoms with Gasteiger partial charge in [0.1, 0.15) is 11.6 Å². The number of phenolic OH excluding ortho intramolecular Hbond substituents is 1. The minimum atomic E-state index is -0.385. The van der Waals surface area contributed by atoms with Crippen LogP contribution in [0, 0.1) is 0 Å². The zero-order valence-corrected chi connectivity index (χ0v) is 10.3. The molecule has 2 rings (SSSR count). The standard InChI is InChI=1S/C12H11ClN2O3/c1-2-7-11(17)14-10(15-12(7)18)6-3-4-9(16)8(13)5-6/h3-5,16H,2H2,1H3,(H2,14,15,17,18). The molecule has 0 saturated carbocycles. The molecule has 0 aliphatic carbocycles. The topological polar surface area (TPSA) is 86.2 Å². The number of nitrogens with zero attached hydrogens (tertiary/aromatic N) is 1. The molecule has 0 unspecified atom stereocenters. The highest BCUT2D eigenvalue weighted by Crippen LogP contribution is 2.28. The maximum Gasteiger partial charge on any atom is 0.258 e. The van der Waals surface area contributed by atoms with Crippen LogP contribution >= 0.6 is 11.6 Å². The summed E-state index contributed by atoms with van der Waals surface area (Å²) < 4.78 is 0. The summed E-state index contributed by atoms with van der Waals surface area (Å²) in [7, 11) is 0. The predicted molar refractivity (Wildman–Crippen MR) is 68.0 cm³/mol. The van der Waals surface area contributed by atoms with Crippen LogP contribution in [-0.2, 0) is 6.42 Å². The molecule has 0 aliphatic rings. The van der Waals surface area contributed by atoms with Crippen molar-refractivity contribution in [2.24, 2.45) is 0 Å². The first-order valence-electron chi connectivity index (χ1n) is 5.34. The lowest BCUT2D eigenvalue weighted by atomic mass is 10.2. The molecule has 0 spiro atoms. The lowest BCUT2D eigenvalue weighted by Crippen LogP contribution is -2.14. The van der Waals surface area contributed by atoms with E-state index in [1.165, 1.54) is 12.1 Å². The van der Waals surface area contributed by atoms with Crippen LogP contribution in [0.4, 0.5) is 0 Å². The number of benzene rings is 1. The summed E-state index contributed by atoms with van der Waals surface area (Å²) in [6, 6.07) is 4.40. The Morgan fingerprint density at radius 2 is 2.11 bits per heavy atom. The summed E-state index contributed by atoms with van der Waals surface area (Å²) in [5.74, 6) is -0.144. The quantitative estimate of drug-likeness (QED) is 0.777. The van der Waals surface area contributed by atoms with Gasteiger partial charge in [-0.15, -0.1) is 0 Å². The number of nitrogens with one attached hydrogen (secondary N) is 1. The van der Waals surface area contributed by atoms with Crippen LogP contribution in [0.2, 0.25) is 5.02 Å². The number of rotatable bonds is 2. The molecule has 1 aromatic carbocycles. The average Bonchev–Trinajstić information content (AvgIpc) is 2.32. The van der Waals surface area contributed by atoms with Crippen molar-refractivity contribution >= 4 is 11.6 Å². The highest BCUT2D eigenvalue weighted by molar-refractivity contribution is 6.32. The molecule has 1 aromatic heterocycles. The normalized spacial score (nSPS) is 10.6. The molecule has 0 radical (unpaired) electrons. The third-order valence-corrected chi connectivity index (χ3v) is 2.87. The third kappa shape index (κ3) is 2.17. The van der Waals surface area contributed by atoms with E-state index in [4.69, 9.17) is 11.6 Å². The molecule has 0 amide bonds. The van der Waals surface area contributed by atoms with Crippen LogP contribution in [-0.4, -0.2) is 20.2 Å². The largest absolute Gasteiger partial charge is 0.506 e. The van der Waals surface area contributed by atoms with E-state index in [0.717, 1.165) is 0 Å². The Morgan fingerprint density at radius 3 is 2.67 bits per heavy atom. The van der Waals surface area contributed by atoms with Crippen LogP contribution < -0.4 is 5.56 Å². The van der Waals surface area contributed by atoms with Gasteiger partial charge in [0.05, 0.1) is 10.6 Å². The van der Waals surface area contributed by atoms with Crippen LogP contribution in [0.1, 0.15) is 12.5 Å². The van der Waals surface area contributed by atoms with Gasteiger partial charge in [0.2, 0.25) is 5.88 Å².